The highest BCUT2D eigenvalue weighted by atomic mass is 35.5. The summed E-state index contributed by atoms with van der Waals surface area (Å²) in [4.78, 5) is 13.2. The molecule has 6 nitrogen and oxygen atoms in total. The van der Waals surface area contributed by atoms with Crippen molar-refractivity contribution in [2.24, 2.45) is 0 Å². The van der Waals surface area contributed by atoms with Gasteiger partial charge in [-0.3, -0.25) is 4.21 Å². The molecular formula is C24H29ClN4O2S. The molecule has 2 aliphatic carbocycles. The number of anilines is 2. The molecule has 8 heteroatoms. The Balaban J connectivity index is 1.29. The molecule has 2 saturated carbocycles. The van der Waals surface area contributed by atoms with Crippen molar-refractivity contribution < 1.29 is 9.32 Å². The van der Waals surface area contributed by atoms with Crippen molar-refractivity contribution in [3.63, 3.8) is 0 Å². The summed E-state index contributed by atoms with van der Waals surface area (Å²) >= 11 is 6.05. The molecule has 2 N–H and O–H groups in total. The molecule has 0 amide bonds. The van der Waals surface area contributed by atoms with E-state index in [0.29, 0.717) is 11.7 Å². The summed E-state index contributed by atoms with van der Waals surface area (Å²) in [6.07, 6.45) is 7.07. The van der Waals surface area contributed by atoms with Crippen LogP contribution in [0.25, 0.3) is 0 Å². The molecule has 3 fully saturated rings. The van der Waals surface area contributed by atoms with Crippen LogP contribution >= 0.6 is 11.6 Å². The van der Waals surface area contributed by atoms with E-state index >= 15 is 0 Å². The predicted octanol–water partition coefficient (Wildman–Crippen LogP) is 3.99. The largest absolute Gasteiger partial charge is 0.394 e. The van der Waals surface area contributed by atoms with Crippen molar-refractivity contribution in [1.29, 1.82) is 0 Å². The van der Waals surface area contributed by atoms with Crippen molar-refractivity contribution in [3.8, 4) is 0 Å². The molecule has 3 heterocycles. The lowest BCUT2D eigenvalue weighted by atomic mass is 9.77. The van der Waals surface area contributed by atoms with E-state index in [9.17, 15) is 9.32 Å². The van der Waals surface area contributed by atoms with E-state index in [4.69, 9.17) is 21.6 Å². The fourth-order valence-corrected chi connectivity index (χ4v) is 7.45. The van der Waals surface area contributed by atoms with Crippen LogP contribution in [0.4, 0.5) is 11.5 Å². The molecule has 32 heavy (non-hydrogen) atoms. The van der Waals surface area contributed by atoms with Gasteiger partial charge >= 0.3 is 0 Å². The van der Waals surface area contributed by atoms with E-state index < -0.39 is 10.8 Å². The van der Waals surface area contributed by atoms with E-state index in [1.54, 1.807) is 0 Å². The number of nitrogens with one attached hydrogen (secondary N) is 1. The lowest BCUT2D eigenvalue weighted by Gasteiger charge is -2.42. The number of fused-ring (bicyclic) bond motifs is 2. The Morgan fingerprint density at radius 3 is 2.44 bits per heavy atom. The molecule has 0 radical (unpaired) electrons. The number of aliphatic hydroxyl groups excluding tert-OH is 1. The van der Waals surface area contributed by atoms with Gasteiger partial charge in [-0.25, -0.2) is 9.97 Å². The number of hydrogen-bond donors (Lipinski definition) is 2. The van der Waals surface area contributed by atoms with Gasteiger partial charge in [-0.2, -0.15) is 0 Å². The van der Waals surface area contributed by atoms with Gasteiger partial charge in [0.2, 0.25) is 0 Å². The standard InChI is InChI=1S/C24H29ClN4O2S/c25-17-2-4-18(5-3-17)29-12-6-16(7-13-29)21-26-20-19(32(31)15-23(20)10-11-23)22(27-21)28-24(14-30)8-1-9-24/h2-5,16,30H,1,6-15H2,(H,26,27,28)/t32-/m1/s1. The van der Waals surface area contributed by atoms with Gasteiger partial charge in [0.25, 0.3) is 0 Å². The highest BCUT2D eigenvalue weighted by molar-refractivity contribution is 7.85. The zero-order valence-corrected chi connectivity index (χ0v) is 19.7. The van der Waals surface area contributed by atoms with E-state index in [-0.39, 0.29) is 17.6 Å². The summed E-state index contributed by atoms with van der Waals surface area (Å²) in [5.74, 6) is 2.58. The summed E-state index contributed by atoms with van der Waals surface area (Å²) in [5, 5.41) is 14.3. The Labute approximate surface area is 196 Å². The van der Waals surface area contributed by atoms with E-state index in [1.807, 2.05) is 12.1 Å². The number of benzene rings is 1. The van der Waals surface area contributed by atoms with Crippen LogP contribution in [0.1, 0.15) is 62.4 Å². The summed E-state index contributed by atoms with van der Waals surface area (Å²) in [7, 11) is -1.06. The van der Waals surface area contributed by atoms with Crippen LogP contribution in [0.5, 0.6) is 0 Å². The number of rotatable bonds is 5. The topological polar surface area (TPSA) is 78.4 Å². The maximum absolute atomic E-state index is 13.0. The lowest BCUT2D eigenvalue weighted by Crippen LogP contribution is -2.48. The average Bonchev–Trinajstić information content (AvgIpc) is 3.50. The molecule has 2 aliphatic heterocycles. The number of nitrogens with zero attached hydrogens (tertiary/aromatic N) is 3. The third-order valence-electron chi connectivity index (χ3n) is 7.92. The minimum Gasteiger partial charge on any atom is -0.394 e. The van der Waals surface area contributed by atoms with Crippen molar-refractivity contribution in [3.05, 3.63) is 40.8 Å². The maximum Gasteiger partial charge on any atom is 0.146 e. The zero-order valence-electron chi connectivity index (χ0n) is 18.1. The number of aliphatic hydroxyl groups is 1. The molecule has 1 saturated heterocycles. The molecule has 2 aromatic rings. The summed E-state index contributed by atoms with van der Waals surface area (Å²) in [5.41, 5.74) is 1.91. The maximum atomic E-state index is 13.0. The van der Waals surface area contributed by atoms with Gasteiger partial charge in [0.15, 0.2) is 0 Å². The normalized spacial score (nSPS) is 25.4. The SMILES string of the molecule is O=[S@@]1CC2(CC2)c2nc(C3CCN(c4ccc(Cl)cc4)CC3)nc(NC3(CO)CCC3)c21. The van der Waals surface area contributed by atoms with Gasteiger partial charge in [-0.1, -0.05) is 11.6 Å². The highest BCUT2D eigenvalue weighted by Gasteiger charge is 2.55. The Bertz CT molecular complexity index is 1050. The van der Waals surface area contributed by atoms with Crippen LogP contribution in [-0.2, 0) is 16.2 Å². The van der Waals surface area contributed by atoms with Crippen LogP contribution < -0.4 is 10.2 Å². The Hall–Kier alpha value is -1.70. The molecule has 0 unspecified atom stereocenters. The Kier molecular flexibility index (Phi) is 5.01. The second-order valence-electron chi connectivity index (χ2n) is 10.0. The first kappa shape index (κ1) is 20.9. The monoisotopic (exact) mass is 472 g/mol. The molecule has 170 valence electrons. The van der Waals surface area contributed by atoms with Crippen LogP contribution in [-0.4, -0.2) is 50.3 Å². The van der Waals surface area contributed by atoms with E-state index in [2.05, 4.69) is 22.3 Å². The van der Waals surface area contributed by atoms with Gasteiger partial charge < -0.3 is 15.3 Å². The number of halogens is 1. The fraction of sp³-hybridized carbons (Fsp3) is 0.583. The molecule has 1 spiro atoms. The first-order valence-corrected chi connectivity index (χ1v) is 13.4. The summed E-state index contributed by atoms with van der Waals surface area (Å²) < 4.78 is 13.0. The van der Waals surface area contributed by atoms with Gasteiger partial charge in [0.1, 0.15) is 16.5 Å². The van der Waals surface area contributed by atoms with Crippen LogP contribution in [0.15, 0.2) is 29.2 Å². The average molecular weight is 473 g/mol. The van der Waals surface area contributed by atoms with Gasteiger partial charge in [-0.05, 0) is 69.2 Å². The highest BCUT2D eigenvalue weighted by Crippen LogP contribution is 2.56. The fourth-order valence-electron chi connectivity index (χ4n) is 5.46. The molecule has 4 aliphatic rings. The number of hydrogen-bond acceptors (Lipinski definition) is 6. The number of aromatic nitrogens is 2. The molecular weight excluding hydrogens is 444 g/mol. The summed E-state index contributed by atoms with van der Waals surface area (Å²) in [6.45, 7) is 1.98. The van der Waals surface area contributed by atoms with Gasteiger partial charge in [0, 0.05) is 40.9 Å². The van der Waals surface area contributed by atoms with Crippen molar-refractivity contribution in [1.82, 2.24) is 9.97 Å². The van der Waals surface area contributed by atoms with Gasteiger partial charge in [-0.15, -0.1) is 0 Å². The smallest absolute Gasteiger partial charge is 0.146 e. The van der Waals surface area contributed by atoms with E-state index in [0.717, 1.165) is 85.3 Å². The van der Waals surface area contributed by atoms with Crippen molar-refractivity contribution in [2.45, 2.75) is 66.7 Å². The third kappa shape index (κ3) is 3.44. The van der Waals surface area contributed by atoms with Crippen molar-refractivity contribution >= 4 is 33.9 Å². The molecule has 1 atom stereocenters. The molecule has 1 aromatic heterocycles. The second kappa shape index (κ2) is 7.67. The summed E-state index contributed by atoms with van der Waals surface area (Å²) in [6, 6.07) is 8.04. The number of piperidine rings is 1. The van der Waals surface area contributed by atoms with Gasteiger partial charge in [0.05, 0.1) is 28.6 Å². The second-order valence-corrected chi connectivity index (χ2v) is 11.9. The first-order chi connectivity index (χ1) is 15.5. The van der Waals surface area contributed by atoms with Crippen LogP contribution in [0, 0.1) is 0 Å². The Morgan fingerprint density at radius 2 is 1.84 bits per heavy atom. The minimum atomic E-state index is -1.06. The zero-order chi connectivity index (χ0) is 21.9. The lowest BCUT2D eigenvalue weighted by molar-refractivity contribution is 0.143. The van der Waals surface area contributed by atoms with Crippen molar-refractivity contribution in [2.75, 3.05) is 35.7 Å². The molecule has 0 bridgehead atoms. The Morgan fingerprint density at radius 1 is 1.12 bits per heavy atom. The van der Waals surface area contributed by atoms with Crippen LogP contribution in [0.2, 0.25) is 5.02 Å². The first-order valence-electron chi connectivity index (χ1n) is 11.7. The molecule has 1 aromatic carbocycles. The third-order valence-corrected chi connectivity index (χ3v) is 9.83. The van der Waals surface area contributed by atoms with E-state index in [1.165, 1.54) is 5.69 Å². The minimum absolute atomic E-state index is 0.00428. The predicted molar refractivity (Wildman–Crippen MR) is 127 cm³/mol. The quantitative estimate of drug-likeness (QED) is 0.685. The molecule has 6 rings (SSSR count). The van der Waals surface area contributed by atoms with Crippen LogP contribution in [0.3, 0.4) is 0 Å².